The van der Waals surface area contributed by atoms with E-state index in [1.54, 1.807) is 0 Å². The normalized spacial score (nSPS) is 24.9. The zero-order valence-electron chi connectivity index (χ0n) is 23.1. The van der Waals surface area contributed by atoms with Crippen LogP contribution in [0.2, 0.25) is 0 Å². The molecule has 0 aliphatic carbocycles. The second-order valence-electron chi connectivity index (χ2n) is 10.9. The highest BCUT2D eigenvalue weighted by atomic mass is 16.2. The third kappa shape index (κ3) is 7.94. The fourth-order valence-electron chi connectivity index (χ4n) is 5.67. The molecule has 0 aromatic heterocycles. The molecule has 2 aliphatic rings. The fourth-order valence-corrected chi connectivity index (χ4v) is 5.67. The molecule has 0 radical (unpaired) electrons. The number of unbranched alkanes of at least 4 members (excludes halogenated alkanes) is 3. The molecule has 0 saturated heterocycles. The molecule has 6 heteroatoms. The molecule has 2 aliphatic heterocycles. The Labute approximate surface area is 209 Å². The molecular formula is C28H52N4O2+2. The number of hydrogen-bond donors (Lipinski definition) is 0. The molecule has 0 aromatic carbocycles. The number of hydrogen-bond acceptors (Lipinski definition) is 2. The molecule has 6 nitrogen and oxygen atoms in total. The summed E-state index contributed by atoms with van der Waals surface area (Å²) in [6.45, 7) is 17.7. The van der Waals surface area contributed by atoms with Gasteiger partial charge in [0.2, 0.25) is 0 Å². The SMILES string of the molecule is CCN(CC)C(=O)C1=CCC[N@+](C)(CCCCCC[N@@+]2(C)CCC=C(C(=O)N(CC)CC)C2)C1. The minimum Gasteiger partial charge on any atom is -0.339 e. The average Bonchev–Trinajstić information content (AvgIpc) is 2.82. The van der Waals surface area contributed by atoms with Gasteiger partial charge in [0.15, 0.2) is 0 Å². The Hall–Kier alpha value is -1.66. The lowest BCUT2D eigenvalue weighted by molar-refractivity contribution is -0.906. The highest BCUT2D eigenvalue weighted by Gasteiger charge is 2.32. The topological polar surface area (TPSA) is 40.6 Å². The van der Waals surface area contributed by atoms with Gasteiger partial charge in [0.25, 0.3) is 11.8 Å². The zero-order chi connectivity index (χ0) is 25.2. The molecule has 0 N–H and O–H groups in total. The van der Waals surface area contributed by atoms with Gasteiger partial charge >= 0.3 is 0 Å². The largest absolute Gasteiger partial charge is 0.339 e. The van der Waals surface area contributed by atoms with Gasteiger partial charge in [-0.25, -0.2) is 0 Å². The molecule has 2 atom stereocenters. The van der Waals surface area contributed by atoms with Gasteiger partial charge in [0.1, 0.15) is 13.1 Å². The maximum absolute atomic E-state index is 12.8. The van der Waals surface area contributed by atoms with Crippen LogP contribution in [-0.4, -0.2) is 110 Å². The van der Waals surface area contributed by atoms with Crippen molar-refractivity contribution < 1.29 is 18.6 Å². The van der Waals surface area contributed by atoms with E-state index in [1.165, 1.54) is 25.7 Å². The standard InChI is InChI=1S/C28H52N4O2/c1-7-29(8-2)27(33)25-17-15-21-31(5,23-25)19-13-11-12-14-20-32(6)22-16-18-26(24-32)28(34)30(9-3)10-4/h17-18H,7-16,19-24H2,1-6H3/q+2/t31-,32-/m0/s1. The van der Waals surface area contributed by atoms with Gasteiger partial charge in [-0.15, -0.1) is 0 Å². The van der Waals surface area contributed by atoms with Crippen molar-refractivity contribution in [3.05, 3.63) is 23.3 Å². The Morgan fingerprint density at radius 1 is 0.676 bits per heavy atom. The van der Waals surface area contributed by atoms with Gasteiger partial charge in [-0.05, 0) is 53.4 Å². The van der Waals surface area contributed by atoms with Crippen molar-refractivity contribution in [2.75, 3.05) is 79.5 Å². The van der Waals surface area contributed by atoms with Crippen molar-refractivity contribution in [2.45, 2.75) is 66.2 Å². The van der Waals surface area contributed by atoms with Crippen LogP contribution in [0.1, 0.15) is 66.2 Å². The highest BCUT2D eigenvalue weighted by molar-refractivity contribution is 5.94. The zero-order valence-corrected chi connectivity index (χ0v) is 23.1. The minimum absolute atomic E-state index is 0.237. The molecule has 2 amide bonds. The molecule has 0 unspecified atom stereocenters. The van der Waals surface area contributed by atoms with Crippen molar-refractivity contribution >= 4 is 11.8 Å². The molecule has 0 fully saturated rings. The van der Waals surface area contributed by atoms with E-state index in [1.807, 2.05) is 9.80 Å². The number of rotatable bonds is 13. The van der Waals surface area contributed by atoms with E-state index < -0.39 is 0 Å². The summed E-state index contributed by atoms with van der Waals surface area (Å²) in [5, 5.41) is 0. The average molecular weight is 477 g/mol. The third-order valence-electron chi connectivity index (χ3n) is 8.02. The van der Waals surface area contributed by atoms with Gasteiger partial charge in [-0.2, -0.15) is 0 Å². The van der Waals surface area contributed by atoms with Gasteiger partial charge < -0.3 is 18.8 Å². The Balaban J connectivity index is 1.73. The molecule has 2 heterocycles. The summed E-state index contributed by atoms with van der Waals surface area (Å²) < 4.78 is 1.99. The lowest BCUT2D eigenvalue weighted by Gasteiger charge is -2.39. The van der Waals surface area contributed by atoms with E-state index in [9.17, 15) is 9.59 Å². The van der Waals surface area contributed by atoms with E-state index in [4.69, 9.17) is 0 Å². The molecular weight excluding hydrogens is 424 g/mol. The second kappa shape index (κ2) is 13.4. The molecule has 34 heavy (non-hydrogen) atoms. The molecule has 0 spiro atoms. The predicted octanol–water partition coefficient (Wildman–Crippen LogP) is 3.84. The van der Waals surface area contributed by atoms with Crippen LogP contribution in [-0.2, 0) is 9.59 Å². The van der Waals surface area contributed by atoms with Crippen molar-refractivity contribution in [3.8, 4) is 0 Å². The number of amides is 2. The first-order valence-electron chi connectivity index (χ1n) is 13.8. The lowest BCUT2D eigenvalue weighted by Crippen LogP contribution is -2.51. The molecule has 2 rings (SSSR count). The van der Waals surface area contributed by atoms with Crippen molar-refractivity contribution in [1.29, 1.82) is 0 Å². The highest BCUT2D eigenvalue weighted by Crippen LogP contribution is 2.22. The van der Waals surface area contributed by atoms with Crippen LogP contribution >= 0.6 is 0 Å². The van der Waals surface area contributed by atoms with Crippen LogP contribution in [0.25, 0.3) is 0 Å². The number of carbonyl (C=O) groups is 2. The van der Waals surface area contributed by atoms with E-state index in [0.29, 0.717) is 0 Å². The molecule has 0 aromatic rings. The quantitative estimate of drug-likeness (QED) is 0.299. The number of quaternary nitrogens is 2. The molecule has 0 bridgehead atoms. The summed E-state index contributed by atoms with van der Waals surface area (Å²) >= 11 is 0. The van der Waals surface area contributed by atoms with Crippen molar-refractivity contribution in [1.82, 2.24) is 9.80 Å². The van der Waals surface area contributed by atoms with Crippen LogP contribution < -0.4 is 0 Å². The summed E-state index contributed by atoms with van der Waals surface area (Å²) in [4.78, 5) is 29.5. The Morgan fingerprint density at radius 2 is 1.03 bits per heavy atom. The van der Waals surface area contributed by atoms with Crippen LogP contribution in [0.5, 0.6) is 0 Å². The Kier molecular flexibility index (Phi) is 11.3. The van der Waals surface area contributed by atoms with Crippen molar-refractivity contribution in [2.24, 2.45) is 0 Å². The summed E-state index contributed by atoms with van der Waals surface area (Å²) in [6, 6.07) is 0. The minimum atomic E-state index is 0.237. The summed E-state index contributed by atoms with van der Waals surface area (Å²) in [6.07, 6.45) is 11.3. The van der Waals surface area contributed by atoms with Crippen LogP contribution in [0, 0.1) is 0 Å². The van der Waals surface area contributed by atoms with Crippen LogP contribution in [0.4, 0.5) is 0 Å². The molecule has 0 saturated carbocycles. The fraction of sp³-hybridized carbons (Fsp3) is 0.786. The van der Waals surface area contributed by atoms with Gasteiger partial charge in [-0.1, -0.05) is 12.2 Å². The summed E-state index contributed by atoms with van der Waals surface area (Å²) in [5.41, 5.74) is 2.03. The number of nitrogens with zero attached hydrogens (tertiary/aromatic N) is 4. The second-order valence-corrected chi connectivity index (χ2v) is 10.9. The van der Waals surface area contributed by atoms with E-state index >= 15 is 0 Å². The maximum atomic E-state index is 12.8. The summed E-state index contributed by atoms with van der Waals surface area (Å²) in [5.74, 6) is 0.473. The Bertz CT molecular complexity index is 677. The third-order valence-corrected chi connectivity index (χ3v) is 8.02. The molecule has 194 valence electrons. The first-order chi connectivity index (χ1) is 16.2. The first-order valence-corrected chi connectivity index (χ1v) is 13.8. The van der Waals surface area contributed by atoms with E-state index in [0.717, 1.165) is 98.4 Å². The van der Waals surface area contributed by atoms with Crippen LogP contribution in [0.15, 0.2) is 23.3 Å². The predicted molar refractivity (Wildman–Crippen MR) is 141 cm³/mol. The van der Waals surface area contributed by atoms with Crippen molar-refractivity contribution in [3.63, 3.8) is 0 Å². The monoisotopic (exact) mass is 476 g/mol. The number of likely N-dealkylation sites (N-methyl/N-ethyl adjacent to an activating group) is 4. The van der Waals surface area contributed by atoms with E-state index in [2.05, 4.69) is 53.9 Å². The van der Waals surface area contributed by atoms with E-state index in [-0.39, 0.29) is 11.8 Å². The smallest absolute Gasteiger partial charge is 0.255 e. The van der Waals surface area contributed by atoms with Gasteiger partial charge in [-0.3, -0.25) is 9.59 Å². The van der Waals surface area contributed by atoms with Gasteiger partial charge in [0, 0.05) is 39.0 Å². The van der Waals surface area contributed by atoms with Crippen LogP contribution in [0.3, 0.4) is 0 Å². The number of carbonyl (C=O) groups excluding carboxylic acids is 2. The van der Waals surface area contributed by atoms with Gasteiger partial charge in [0.05, 0.1) is 51.4 Å². The lowest BCUT2D eigenvalue weighted by atomic mass is 10.0. The summed E-state index contributed by atoms with van der Waals surface area (Å²) in [7, 11) is 4.65. The Morgan fingerprint density at radius 3 is 1.35 bits per heavy atom. The maximum Gasteiger partial charge on any atom is 0.255 e. The first kappa shape index (κ1) is 28.6.